The average molecular weight is 244 g/mol. The lowest BCUT2D eigenvalue weighted by Crippen LogP contribution is -1.86. The van der Waals surface area contributed by atoms with Crippen molar-refractivity contribution in [3.63, 3.8) is 0 Å². The smallest absolute Gasteiger partial charge is 0.168 e. The SMILES string of the molecule is COc1ccc(-c2ccno2)c(Cl)c1Cl. The summed E-state index contributed by atoms with van der Waals surface area (Å²) in [7, 11) is 1.53. The van der Waals surface area contributed by atoms with Crippen LogP contribution in [-0.2, 0) is 0 Å². The van der Waals surface area contributed by atoms with Crippen LogP contribution in [0.2, 0.25) is 10.0 Å². The second-order valence-corrected chi connectivity index (χ2v) is 3.58. The van der Waals surface area contributed by atoms with Crippen molar-refractivity contribution in [3.8, 4) is 17.1 Å². The first kappa shape index (κ1) is 10.3. The van der Waals surface area contributed by atoms with Gasteiger partial charge in [-0.05, 0) is 12.1 Å². The summed E-state index contributed by atoms with van der Waals surface area (Å²) in [6.45, 7) is 0. The summed E-state index contributed by atoms with van der Waals surface area (Å²) in [6, 6.07) is 5.21. The van der Waals surface area contributed by atoms with Crippen molar-refractivity contribution in [2.75, 3.05) is 7.11 Å². The highest BCUT2D eigenvalue weighted by Crippen LogP contribution is 2.39. The molecule has 78 valence electrons. The Kier molecular flexibility index (Phi) is 2.84. The van der Waals surface area contributed by atoms with E-state index in [4.69, 9.17) is 32.5 Å². The fraction of sp³-hybridized carbons (Fsp3) is 0.100. The van der Waals surface area contributed by atoms with Crippen molar-refractivity contribution >= 4 is 23.2 Å². The molecule has 0 saturated heterocycles. The molecule has 1 heterocycles. The van der Waals surface area contributed by atoms with Gasteiger partial charge in [-0.1, -0.05) is 28.4 Å². The van der Waals surface area contributed by atoms with E-state index in [2.05, 4.69) is 5.16 Å². The predicted molar refractivity (Wildman–Crippen MR) is 58.5 cm³/mol. The van der Waals surface area contributed by atoms with Crippen LogP contribution in [0.1, 0.15) is 0 Å². The van der Waals surface area contributed by atoms with Crippen molar-refractivity contribution < 1.29 is 9.26 Å². The van der Waals surface area contributed by atoms with Gasteiger partial charge in [-0.2, -0.15) is 0 Å². The van der Waals surface area contributed by atoms with Gasteiger partial charge >= 0.3 is 0 Å². The first-order valence-electron chi connectivity index (χ1n) is 4.17. The molecule has 0 aliphatic carbocycles. The molecule has 5 heteroatoms. The van der Waals surface area contributed by atoms with Crippen LogP contribution in [0.5, 0.6) is 5.75 Å². The van der Waals surface area contributed by atoms with E-state index in [1.54, 1.807) is 24.4 Å². The lowest BCUT2D eigenvalue weighted by atomic mass is 10.1. The zero-order valence-electron chi connectivity index (χ0n) is 7.83. The molecule has 2 aromatic rings. The van der Waals surface area contributed by atoms with Crippen LogP contribution in [0.15, 0.2) is 28.9 Å². The van der Waals surface area contributed by atoms with Crippen LogP contribution in [0.3, 0.4) is 0 Å². The zero-order valence-corrected chi connectivity index (χ0v) is 9.34. The Hall–Kier alpha value is -1.19. The quantitative estimate of drug-likeness (QED) is 0.808. The number of rotatable bonds is 2. The Bertz CT molecular complexity index is 469. The van der Waals surface area contributed by atoms with Gasteiger partial charge in [0.25, 0.3) is 0 Å². The van der Waals surface area contributed by atoms with E-state index in [9.17, 15) is 0 Å². The second-order valence-electron chi connectivity index (χ2n) is 2.82. The highest BCUT2D eigenvalue weighted by Gasteiger charge is 2.13. The first-order valence-corrected chi connectivity index (χ1v) is 4.92. The fourth-order valence-corrected chi connectivity index (χ4v) is 1.73. The zero-order chi connectivity index (χ0) is 10.8. The summed E-state index contributed by atoms with van der Waals surface area (Å²) in [5.41, 5.74) is 0.694. The third-order valence-corrected chi connectivity index (χ3v) is 2.83. The van der Waals surface area contributed by atoms with Gasteiger partial charge in [0.15, 0.2) is 5.76 Å². The molecule has 0 atom stereocenters. The topological polar surface area (TPSA) is 35.3 Å². The van der Waals surface area contributed by atoms with Crippen molar-refractivity contribution in [1.82, 2.24) is 5.16 Å². The first-order chi connectivity index (χ1) is 7.24. The number of methoxy groups -OCH3 is 1. The van der Waals surface area contributed by atoms with Gasteiger partial charge in [0.2, 0.25) is 0 Å². The van der Waals surface area contributed by atoms with Gasteiger partial charge < -0.3 is 9.26 Å². The van der Waals surface area contributed by atoms with Crippen molar-refractivity contribution in [3.05, 3.63) is 34.4 Å². The molecule has 0 fully saturated rings. The minimum absolute atomic E-state index is 0.369. The Morgan fingerprint density at radius 2 is 2.00 bits per heavy atom. The van der Waals surface area contributed by atoms with Gasteiger partial charge in [0, 0.05) is 11.6 Å². The predicted octanol–water partition coefficient (Wildman–Crippen LogP) is 3.66. The van der Waals surface area contributed by atoms with Crippen LogP contribution >= 0.6 is 23.2 Å². The van der Waals surface area contributed by atoms with E-state index in [-0.39, 0.29) is 0 Å². The van der Waals surface area contributed by atoms with E-state index < -0.39 is 0 Å². The molecule has 1 aromatic carbocycles. The second kappa shape index (κ2) is 4.13. The summed E-state index contributed by atoms with van der Waals surface area (Å²) >= 11 is 12.1. The minimum atomic E-state index is 0.369. The summed E-state index contributed by atoms with van der Waals surface area (Å²) in [5, 5.41) is 4.37. The highest BCUT2D eigenvalue weighted by atomic mass is 35.5. The lowest BCUT2D eigenvalue weighted by molar-refractivity contribution is 0.414. The van der Waals surface area contributed by atoms with E-state index in [0.29, 0.717) is 27.1 Å². The summed E-state index contributed by atoms with van der Waals surface area (Å²) < 4.78 is 10.0. The van der Waals surface area contributed by atoms with Crippen LogP contribution < -0.4 is 4.74 Å². The van der Waals surface area contributed by atoms with Gasteiger partial charge in [-0.15, -0.1) is 0 Å². The van der Waals surface area contributed by atoms with Crippen LogP contribution in [0.4, 0.5) is 0 Å². The maximum atomic E-state index is 6.07. The monoisotopic (exact) mass is 243 g/mol. The number of nitrogens with zero attached hydrogens (tertiary/aromatic N) is 1. The Morgan fingerprint density at radius 1 is 1.20 bits per heavy atom. The minimum Gasteiger partial charge on any atom is -0.495 e. The van der Waals surface area contributed by atoms with Gasteiger partial charge in [0.05, 0.1) is 18.3 Å². The molecule has 0 unspecified atom stereocenters. The standard InChI is InChI=1S/C10H7Cl2NO2/c1-14-8-3-2-6(9(11)10(8)12)7-4-5-13-15-7/h2-5H,1H3. The molecule has 0 amide bonds. The maximum absolute atomic E-state index is 6.07. The average Bonchev–Trinajstić information content (AvgIpc) is 2.75. The molecule has 0 spiro atoms. The molecule has 0 radical (unpaired) electrons. The molecule has 0 aliphatic rings. The molecule has 0 saturated carbocycles. The summed E-state index contributed by atoms with van der Waals surface area (Å²) in [5.74, 6) is 1.11. The molecular weight excluding hydrogens is 237 g/mol. The number of benzene rings is 1. The fourth-order valence-electron chi connectivity index (χ4n) is 1.23. The molecule has 0 bridgehead atoms. The maximum Gasteiger partial charge on any atom is 0.168 e. The van der Waals surface area contributed by atoms with Crippen molar-refractivity contribution in [2.45, 2.75) is 0 Å². The van der Waals surface area contributed by atoms with Crippen LogP contribution in [0.25, 0.3) is 11.3 Å². The molecule has 0 aliphatic heterocycles. The highest BCUT2D eigenvalue weighted by molar-refractivity contribution is 6.44. The largest absolute Gasteiger partial charge is 0.495 e. The summed E-state index contributed by atoms with van der Waals surface area (Å²) in [4.78, 5) is 0. The van der Waals surface area contributed by atoms with E-state index in [0.717, 1.165) is 0 Å². The number of hydrogen-bond acceptors (Lipinski definition) is 3. The number of aromatic nitrogens is 1. The summed E-state index contributed by atoms with van der Waals surface area (Å²) in [6.07, 6.45) is 1.55. The van der Waals surface area contributed by atoms with Crippen molar-refractivity contribution in [1.29, 1.82) is 0 Å². The molecule has 1 aromatic heterocycles. The van der Waals surface area contributed by atoms with Crippen molar-refractivity contribution in [2.24, 2.45) is 0 Å². The third kappa shape index (κ3) is 1.80. The Morgan fingerprint density at radius 3 is 2.60 bits per heavy atom. The van der Waals surface area contributed by atoms with Crippen LogP contribution in [0, 0.1) is 0 Å². The van der Waals surface area contributed by atoms with E-state index in [1.165, 1.54) is 7.11 Å². The number of hydrogen-bond donors (Lipinski definition) is 0. The van der Waals surface area contributed by atoms with Gasteiger partial charge in [0.1, 0.15) is 10.8 Å². The Labute approximate surface area is 96.5 Å². The molecule has 2 rings (SSSR count). The van der Waals surface area contributed by atoms with E-state index >= 15 is 0 Å². The molecular formula is C10H7Cl2NO2. The number of ether oxygens (including phenoxy) is 1. The molecule has 0 N–H and O–H groups in total. The number of halogens is 2. The lowest BCUT2D eigenvalue weighted by Gasteiger charge is -2.06. The normalized spacial score (nSPS) is 10.3. The van der Waals surface area contributed by atoms with Gasteiger partial charge in [-0.3, -0.25) is 0 Å². The van der Waals surface area contributed by atoms with E-state index in [1.807, 2.05) is 0 Å². The van der Waals surface area contributed by atoms with Crippen LogP contribution in [-0.4, -0.2) is 12.3 Å². The Balaban J connectivity index is 2.56. The van der Waals surface area contributed by atoms with Gasteiger partial charge in [-0.25, -0.2) is 0 Å². The molecule has 3 nitrogen and oxygen atoms in total. The molecule has 15 heavy (non-hydrogen) atoms. The third-order valence-electron chi connectivity index (χ3n) is 1.97.